The number of aromatic nitrogens is 1. The molecule has 31 heavy (non-hydrogen) atoms. The maximum atomic E-state index is 13.4. The van der Waals surface area contributed by atoms with Gasteiger partial charge in [-0.15, -0.1) is 11.3 Å². The molecule has 2 N–H and O–H groups in total. The van der Waals surface area contributed by atoms with Gasteiger partial charge in [0.15, 0.2) is 0 Å². The van der Waals surface area contributed by atoms with Gasteiger partial charge in [0.25, 0.3) is 5.91 Å². The van der Waals surface area contributed by atoms with E-state index >= 15 is 0 Å². The van der Waals surface area contributed by atoms with E-state index in [9.17, 15) is 4.79 Å². The first kappa shape index (κ1) is 21.2. The summed E-state index contributed by atoms with van der Waals surface area (Å²) in [7, 11) is 3.19. The van der Waals surface area contributed by atoms with Crippen LogP contribution in [0.3, 0.4) is 0 Å². The van der Waals surface area contributed by atoms with Gasteiger partial charge in [0, 0.05) is 29.9 Å². The number of methoxy groups -OCH3 is 2. The molecular formula is C24H27N3O3S. The lowest BCUT2D eigenvalue weighted by atomic mass is 9.88. The van der Waals surface area contributed by atoms with Crippen LogP contribution in [0.5, 0.6) is 11.5 Å². The van der Waals surface area contributed by atoms with Crippen molar-refractivity contribution in [2.24, 2.45) is 5.92 Å². The third-order valence-electron chi connectivity index (χ3n) is 5.57. The number of carbonyl (C=O) groups is 1. The van der Waals surface area contributed by atoms with Crippen LogP contribution < -0.4 is 20.1 Å². The lowest BCUT2D eigenvalue weighted by Crippen LogP contribution is -2.18. The first-order valence-electron chi connectivity index (χ1n) is 10.4. The van der Waals surface area contributed by atoms with E-state index in [0.29, 0.717) is 29.6 Å². The molecule has 1 amide bonds. The van der Waals surface area contributed by atoms with Gasteiger partial charge in [-0.3, -0.25) is 9.78 Å². The zero-order valence-electron chi connectivity index (χ0n) is 18.0. The van der Waals surface area contributed by atoms with E-state index in [0.717, 1.165) is 35.4 Å². The van der Waals surface area contributed by atoms with Crippen molar-refractivity contribution in [2.45, 2.75) is 32.7 Å². The van der Waals surface area contributed by atoms with Crippen molar-refractivity contribution in [1.82, 2.24) is 4.98 Å². The van der Waals surface area contributed by atoms with E-state index < -0.39 is 0 Å². The molecule has 1 aliphatic carbocycles. The number of benzene rings is 1. The van der Waals surface area contributed by atoms with Crippen LogP contribution in [0.1, 0.15) is 39.7 Å². The topological polar surface area (TPSA) is 72.5 Å². The van der Waals surface area contributed by atoms with Crippen molar-refractivity contribution < 1.29 is 14.3 Å². The Labute approximate surface area is 186 Å². The van der Waals surface area contributed by atoms with E-state index in [1.54, 1.807) is 43.9 Å². The van der Waals surface area contributed by atoms with Gasteiger partial charge in [-0.05, 0) is 54.5 Å². The van der Waals surface area contributed by atoms with E-state index in [2.05, 4.69) is 22.5 Å². The smallest absolute Gasteiger partial charge is 0.259 e. The van der Waals surface area contributed by atoms with Crippen molar-refractivity contribution in [2.75, 3.05) is 24.9 Å². The number of anilines is 2. The average molecular weight is 438 g/mol. The van der Waals surface area contributed by atoms with Gasteiger partial charge in [0.05, 0.1) is 25.5 Å². The highest BCUT2D eigenvalue weighted by atomic mass is 32.1. The van der Waals surface area contributed by atoms with Crippen molar-refractivity contribution in [1.29, 1.82) is 0 Å². The minimum Gasteiger partial charge on any atom is -0.497 e. The van der Waals surface area contributed by atoms with Crippen molar-refractivity contribution in [3.05, 3.63) is 64.3 Å². The lowest BCUT2D eigenvalue weighted by Gasteiger charge is -2.19. The third-order valence-corrected chi connectivity index (χ3v) is 6.78. The number of ether oxygens (including phenoxy) is 2. The molecule has 0 fully saturated rings. The van der Waals surface area contributed by atoms with Crippen molar-refractivity contribution in [3.63, 3.8) is 0 Å². The molecule has 6 nitrogen and oxygen atoms in total. The highest BCUT2D eigenvalue weighted by Gasteiger charge is 2.28. The van der Waals surface area contributed by atoms with Crippen LogP contribution >= 0.6 is 11.3 Å². The van der Waals surface area contributed by atoms with Crippen LogP contribution in [-0.4, -0.2) is 25.1 Å². The Kier molecular flexibility index (Phi) is 6.42. The van der Waals surface area contributed by atoms with Crippen LogP contribution in [0.2, 0.25) is 0 Å². The molecule has 4 rings (SSSR count). The van der Waals surface area contributed by atoms with Crippen LogP contribution in [-0.2, 0) is 19.4 Å². The number of hydrogen-bond acceptors (Lipinski definition) is 6. The lowest BCUT2D eigenvalue weighted by molar-refractivity contribution is 0.102. The summed E-state index contributed by atoms with van der Waals surface area (Å²) >= 11 is 1.70. The molecule has 1 aliphatic rings. The van der Waals surface area contributed by atoms with Crippen LogP contribution in [0, 0.1) is 5.92 Å². The molecule has 3 aromatic rings. The second-order valence-electron chi connectivity index (χ2n) is 7.79. The summed E-state index contributed by atoms with van der Waals surface area (Å²) < 4.78 is 10.7. The molecule has 0 bridgehead atoms. The molecule has 7 heteroatoms. The fourth-order valence-corrected chi connectivity index (χ4v) is 5.29. The molecular weight excluding hydrogens is 410 g/mol. The highest BCUT2D eigenvalue weighted by Crippen LogP contribution is 2.40. The molecule has 0 aliphatic heterocycles. The van der Waals surface area contributed by atoms with Crippen molar-refractivity contribution >= 4 is 27.9 Å². The van der Waals surface area contributed by atoms with Gasteiger partial charge in [-0.2, -0.15) is 0 Å². The number of amides is 1. The fourth-order valence-electron chi connectivity index (χ4n) is 3.89. The minimum atomic E-state index is -0.121. The Morgan fingerprint density at radius 3 is 2.87 bits per heavy atom. The Bertz CT molecular complexity index is 1070. The minimum absolute atomic E-state index is 0.121. The number of fused-ring (bicyclic) bond motifs is 1. The molecule has 1 aromatic carbocycles. The third kappa shape index (κ3) is 4.66. The van der Waals surface area contributed by atoms with Crippen LogP contribution in [0.4, 0.5) is 10.7 Å². The number of hydrogen-bond donors (Lipinski definition) is 2. The fraction of sp³-hybridized carbons (Fsp3) is 0.333. The maximum Gasteiger partial charge on any atom is 0.259 e. The zero-order valence-corrected chi connectivity index (χ0v) is 18.8. The van der Waals surface area contributed by atoms with Crippen molar-refractivity contribution in [3.8, 4) is 11.5 Å². The molecule has 2 heterocycles. The molecule has 2 aromatic heterocycles. The first-order valence-corrected chi connectivity index (χ1v) is 11.2. The van der Waals surface area contributed by atoms with Gasteiger partial charge in [0.1, 0.15) is 16.5 Å². The van der Waals surface area contributed by atoms with E-state index in [1.807, 2.05) is 24.4 Å². The molecule has 1 atom stereocenters. The second-order valence-corrected chi connectivity index (χ2v) is 8.90. The predicted molar refractivity (Wildman–Crippen MR) is 125 cm³/mol. The predicted octanol–water partition coefficient (Wildman–Crippen LogP) is 5.15. The Hall–Kier alpha value is -3.06. The summed E-state index contributed by atoms with van der Waals surface area (Å²) in [6.45, 7) is 2.89. The highest BCUT2D eigenvalue weighted by molar-refractivity contribution is 7.16. The molecule has 0 saturated heterocycles. The summed E-state index contributed by atoms with van der Waals surface area (Å²) in [6.07, 6.45) is 6.63. The summed E-state index contributed by atoms with van der Waals surface area (Å²) in [5.41, 5.74) is 3.61. The number of rotatable bonds is 7. The molecule has 1 unspecified atom stereocenters. The average Bonchev–Trinajstić information content (AvgIpc) is 3.16. The number of pyridine rings is 1. The summed E-state index contributed by atoms with van der Waals surface area (Å²) in [5.74, 6) is 1.75. The number of thiophene rings is 1. The van der Waals surface area contributed by atoms with Gasteiger partial charge in [-0.1, -0.05) is 13.0 Å². The Morgan fingerprint density at radius 2 is 2.13 bits per heavy atom. The number of nitrogens with one attached hydrogen (secondary N) is 2. The quantitative estimate of drug-likeness (QED) is 0.535. The monoisotopic (exact) mass is 437 g/mol. The van der Waals surface area contributed by atoms with Gasteiger partial charge >= 0.3 is 0 Å². The van der Waals surface area contributed by atoms with Gasteiger partial charge in [0.2, 0.25) is 0 Å². The van der Waals surface area contributed by atoms with Gasteiger partial charge < -0.3 is 20.1 Å². The van der Waals surface area contributed by atoms with E-state index in [-0.39, 0.29) is 5.91 Å². The largest absolute Gasteiger partial charge is 0.497 e. The summed E-state index contributed by atoms with van der Waals surface area (Å²) in [6, 6.07) is 9.32. The number of nitrogens with zero attached hydrogens (tertiary/aromatic N) is 1. The molecule has 162 valence electrons. The molecule has 0 radical (unpaired) electrons. The molecule has 0 saturated carbocycles. The summed E-state index contributed by atoms with van der Waals surface area (Å²) in [5, 5.41) is 7.44. The SMILES string of the molecule is COc1ccc(NC(=O)c2c(NCc3cccnc3)sc3c2CCC(C)C3)c(OC)c1. The number of carbonyl (C=O) groups excluding carboxylic acids is 1. The Balaban J connectivity index is 1.63. The molecule has 0 spiro atoms. The Morgan fingerprint density at radius 1 is 1.26 bits per heavy atom. The first-order chi connectivity index (χ1) is 15.1. The van der Waals surface area contributed by atoms with Crippen LogP contribution in [0.25, 0.3) is 0 Å². The second kappa shape index (κ2) is 9.39. The zero-order chi connectivity index (χ0) is 21.8. The van der Waals surface area contributed by atoms with E-state index in [4.69, 9.17) is 9.47 Å². The standard InChI is InChI=1S/C24H27N3O3S/c1-15-6-8-18-21(11-15)31-24(26-14-16-5-4-10-25-13-16)22(18)23(28)27-19-9-7-17(29-2)12-20(19)30-3/h4-5,7,9-10,12-13,15,26H,6,8,11,14H2,1-3H3,(H,27,28). The van der Waals surface area contributed by atoms with E-state index in [1.165, 1.54) is 10.4 Å². The normalized spacial score (nSPS) is 15.1. The van der Waals surface area contributed by atoms with Gasteiger partial charge in [-0.25, -0.2) is 0 Å². The maximum absolute atomic E-state index is 13.4. The summed E-state index contributed by atoms with van der Waals surface area (Å²) in [4.78, 5) is 18.9. The van der Waals surface area contributed by atoms with Crippen LogP contribution in [0.15, 0.2) is 42.7 Å².